The topological polar surface area (TPSA) is 21.3 Å². The first-order chi connectivity index (χ1) is 8.83. The van der Waals surface area contributed by atoms with Gasteiger partial charge in [-0.1, -0.05) is 37.1 Å². The van der Waals surface area contributed by atoms with Crippen LogP contribution in [0.1, 0.15) is 53.0 Å². The number of nitrogens with one attached hydrogen (secondary N) is 1. The number of rotatable bonds is 6. The average molecular weight is 284 g/mol. The summed E-state index contributed by atoms with van der Waals surface area (Å²) < 4.78 is 6.01. The summed E-state index contributed by atoms with van der Waals surface area (Å²) in [5.41, 5.74) is 1.19. The highest BCUT2D eigenvalue weighted by Crippen LogP contribution is 2.30. The van der Waals surface area contributed by atoms with Crippen LogP contribution in [-0.4, -0.2) is 11.6 Å². The molecule has 0 spiro atoms. The molecular formula is C16H26ClNO. The predicted octanol–water partition coefficient (Wildman–Crippen LogP) is 4.80. The number of hydrogen-bond acceptors (Lipinski definition) is 2. The molecule has 1 aromatic rings. The van der Waals surface area contributed by atoms with Gasteiger partial charge in [-0.05, 0) is 40.2 Å². The highest BCUT2D eigenvalue weighted by Gasteiger charge is 2.14. The number of ether oxygens (including phenoxy) is 1. The Kier molecular flexibility index (Phi) is 6.15. The fourth-order valence-electron chi connectivity index (χ4n) is 1.85. The van der Waals surface area contributed by atoms with Gasteiger partial charge in [0.15, 0.2) is 0 Å². The molecule has 0 aliphatic heterocycles. The Bertz CT molecular complexity index is 398. The van der Waals surface area contributed by atoms with E-state index in [2.05, 4.69) is 46.0 Å². The predicted molar refractivity (Wildman–Crippen MR) is 83.0 cm³/mol. The maximum absolute atomic E-state index is 6.27. The first-order valence-corrected chi connectivity index (χ1v) is 7.40. The average Bonchev–Trinajstić information content (AvgIpc) is 2.29. The standard InChI is InChI=1S/C16H26ClNO/c1-6-8-12(2)19-15-13(9-7-10-14(15)17)11-18-16(3,4)5/h7,9-10,12,18H,6,8,11H2,1-5H3. The van der Waals surface area contributed by atoms with Crippen LogP contribution in [0.5, 0.6) is 5.75 Å². The van der Waals surface area contributed by atoms with Crippen molar-refractivity contribution in [2.75, 3.05) is 0 Å². The summed E-state index contributed by atoms with van der Waals surface area (Å²) >= 11 is 6.27. The van der Waals surface area contributed by atoms with Gasteiger partial charge in [0.2, 0.25) is 0 Å². The molecule has 1 aromatic carbocycles. The molecule has 0 amide bonds. The number of para-hydroxylation sites is 1. The monoisotopic (exact) mass is 283 g/mol. The minimum atomic E-state index is 0.0780. The summed E-state index contributed by atoms with van der Waals surface area (Å²) in [6.07, 6.45) is 2.34. The maximum atomic E-state index is 6.27. The second kappa shape index (κ2) is 7.16. The Morgan fingerprint density at radius 2 is 2.00 bits per heavy atom. The molecular weight excluding hydrogens is 258 g/mol. The second-order valence-corrected chi connectivity index (χ2v) is 6.46. The lowest BCUT2D eigenvalue weighted by Crippen LogP contribution is -2.35. The molecule has 0 aliphatic carbocycles. The highest BCUT2D eigenvalue weighted by atomic mass is 35.5. The van der Waals surface area contributed by atoms with Crippen LogP contribution in [0.3, 0.4) is 0 Å². The van der Waals surface area contributed by atoms with Gasteiger partial charge in [0.1, 0.15) is 5.75 Å². The lowest BCUT2D eigenvalue weighted by atomic mass is 10.1. The van der Waals surface area contributed by atoms with E-state index in [0.29, 0.717) is 5.02 Å². The van der Waals surface area contributed by atoms with Crippen molar-refractivity contribution < 1.29 is 4.74 Å². The van der Waals surface area contributed by atoms with Gasteiger partial charge in [0.25, 0.3) is 0 Å². The van der Waals surface area contributed by atoms with E-state index in [4.69, 9.17) is 16.3 Å². The Balaban J connectivity index is 2.83. The molecule has 3 heteroatoms. The van der Waals surface area contributed by atoms with E-state index in [-0.39, 0.29) is 11.6 Å². The van der Waals surface area contributed by atoms with Crippen LogP contribution < -0.4 is 10.1 Å². The van der Waals surface area contributed by atoms with E-state index < -0.39 is 0 Å². The number of benzene rings is 1. The van der Waals surface area contributed by atoms with E-state index in [9.17, 15) is 0 Å². The van der Waals surface area contributed by atoms with Gasteiger partial charge in [0, 0.05) is 17.6 Å². The first kappa shape index (κ1) is 16.3. The molecule has 0 fully saturated rings. The molecule has 0 bridgehead atoms. The zero-order chi connectivity index (χ0) is 14.5. The van der Waals surface area contributed by atoms with E-state index in [1.807, 2.05) is 12.1 Å². The summed E-state index contributed by atoms with van der Waals surface area (Å²) in [5.74, 6) is 0.821. The van der Waals surface area contributed by atoms with Crippen LogP contribution in [-0.2, 0) is 6.54 Å². The first-order valence-electron chi connectivity index (χ1n) is 7.02. The van der Waals surface area contributed by atoms with E-state index >= 15 is 0 Å². The van der Waals surface area contributed by atoms with Crippen LogP contribution in [0.25, 0.3) is 0 Å². The molecule has 0 heterocycles. The fraction of sp³-hybridized carbons (Fsp3) is 0.625. The summed E-state index contributed by atoms with van der Waals surface area (Å²) in [6, 6.07) is 5.92. The van der Waals surface area contributed by atoms with Gasteiger partial charge in [0.05, 0.1) is 11.1 Å². The van der Waals surface area contributed by atoms with Crippen molar-refractivity contribution in [1.82, 2.24) is 5.32 Å². The zero-order valence-corrected chi connectivity index (χ0v) is 13.5. The van der Waals surface area contributed by atoms with E-state index in [1.165, 1.54) is 0 Å². The minimum absolute atomic E-state index is 0.0780. The van der Waals surface area contributed by atoms with E-state index in [0.717, 1.165) is 30.7 Å². The molecule has 0 radical (unpaired) electrons. The normalized spacial score (nSPS) is 13.4. The molecule has 19 heavy (non-hydrogen) atoms. The zero-order valence-electron chi connectivity index (χ0n) is 12.7. The van der Waals surface area contributed by atoms with Crippen LogP contribution in [0.4, 0.5) is 0 Å². The van der Waals surface area contributed by atoms with Gasteiger partial charge in [-0.2, -0.15) is 0 Å². The van der Waals surface area contributed by atoms with Gasteiger partial charge < -0.3 is 10.1 Å². The van der Waals surface area contributed by atoms with Gasteiger partial charge in [-0.15, -0.1) is 0 Å². The summed E-state index contributed by atoms with van der Waals surface area (Å²) in [4.78, 5) is 0. The Labute approximate surface area is 122 Å². The van der Waals surface area contributed by atoms with Crippen molar-refractivity contribution >= 4 is 11.6 Å². The second-order valence-electron chi connectivity index (χ2n) is 6.05. The third-order valence-corrected chi connectivity index (χ3v) is 3.17. The summed E-state index contributed by atoms with van der Waals surface area (Å²) in [6.45, 7) is 11.5. The molecule has 2 nitrogen and oxygen atoms in total. The van der Waals surface area contributed by atoms with Crippen molar-refractivity contribution in [1.29, 1.82) is 0 Å². The highest BCUT2D eigenvalue weighted by molar-refractivity contribution is 6.32. The van der Waals surface area contributed by atoms with Crippen LogP contribution in [0.2, 0.25) is 5.02 Å². The molecule has 0 aromatic heterocycles. The quantitative estimate of drug-likeness (QED) is 0.810. The lowest BCUT2D eigenvalue weighted by Gasteiger charge is -2.23. The molecule has 1 atom stereocenters. The molecule has 1 rings (SSSR count). The Morgan fingerprint density at radius 1 is 1.32 bits per heavy atom. The van der Waals surface area contributed by atoms with Crippen molar-refractivity contribution in [2.45, 2.75) is 65.6 Å². The molecule has 0 saturated carbocycles. The minimum Gasteiger partial charge on any atom is -0.489 e. The van der Waals surface area contributed by atoms with Crippen LogP contribution in [0, 0.1) is 0 Å². The van der Waals surface area contributed by atoms with E-state index in [1.54, 1.807) is 0 Å². The lowest BCUT2D eigenvalue weighted by molar-refractivity contribution is 0.207. The molecule has 0 saturated heterocycles. The number of halogens is 1. The molecule has 1 N–H and O–H groups in total. The molecule has 1 unspecified atom stereocenters. The number of hydrogen-bond donors (Lipinski definition) is 1. The largest absolute Gasteiger partial charge is 0.489 e. The third kappa shape index (κ3) is 5.84. The molecule has 108 valence electrons. The van der Waals surface area contributed by atoms with Crippen molar-refractivity contribution in [3.05, 3.63) is 28.8 Å². The fourth-order valence-corrected chi connectivity index (χ4v) is 2.09. The maximum Gasteiger partial charge on any atom is 0.142 e. The van der Waals surface area contributed by atoms with Crippen molar-refractivity contribution in [3.63, 3.8) is 0 Å². The van der Waals surface area contributed by atoms with Crippen LogP contribution in [0.15, 0.2) is 18.2 Å². The smallest absolute Gasteiger partial charge is 0.142 e. The Hall–Kier alpha value is -0.730. The summed E-state index contributed by atoms with van der Waals surface area (Å²) in [7, 11) is 0. The third-order valence-electron chi connectivity index (χ3n) is 2.87. The summed E-state index contributed by atoms with van der Waals surface area (Å²) in [5, 5.41) is 4.16. The van der Waals surface area contributed by atoms with Gasteiger partial charge in [-0.3, -0.25) is 0 Å². The van der Waals surface area contributed by atoms with Gasteiger partial charge >= 0.3 is 0 Å². The van der Waals surface area contributed by atoms with Crippen molar-refractivity contribution in [3.8, 4) is 5.75 Å². The van der Waals surface area contributed by atoms with Crippen LogP contribution >= 0.6 is 11.6 Å². The van der Waals surface area contributed by atoms with Gasteiger partial charge in [-0.25, -0.2) is 0 Å². The SMILES string of the molecule is CCCC(C)Oc1c(Cl)cccc1CNC(C)(C)C. The Morgan fingerprint density at radius 3 is 2.58 bits per heavy atom. The molecule has 0 aliphatic rings. The van der Waals surface area contributed by atoms with Crippen molar-refractivity contribution in [2.24, 2.45) is 0 Å².